The average molecular weight is 301 g/mol. The van der Waals surface area contributed by atoms with Crippen LogP contribution in [0.5, 0.6) is 11.5 Å². The second-order valence-electron chi connectivity index (χ2n) is 4.61. The van der Waals surface area contributed by atoms with Gasteiger partial charge in [0.05, 0.1) is 16.3 Å². The Labute approximate surface area is 127 Å². The van der Waals surface area contributed by atoms with Gasteiger partial charge in [0.15, 0.2) is 11.5 Å². The zero-order valence-corrected chi connectivity index (χ0v) is 12.0. The number of hydrogen-bond acceptors (Lipinski definition) is 4. The zero-order chi connectivity index (χ0) is 14.7. The van der Waals surface area contributed by atoms with Gasteiger partial charge in [0.25, 0.3) is 0 Å². The van der Waals surface area contributed by atoms with Crippen molar-refractivity contribution in [3.8, 4) is 17.6 Å². The molecule has 5 heteroatoms. The Morgan fingerprint density at radius 2 is 2.00 bits per heavy atom. The molecular formula is C16H13ClN2O2. The van der Waals surface area contributed by atoms with Crippen molar-refractivity contribution >= 4 is 17.3 Å². The highest BCUT2D eigenvalue weighted by Crippen LogP contribution is 2.38. The van der Waals surface area contributed by atoms with E-state index in [9.17, 15) is 0 Å². The van der Waals surface area contributed by atoms with Crippen LogP contribution in [-0.2, 0) is 6.54 Å². The summed E-state index contributed by atoms with van der Waals surface area (Å²) in [5.74, 6) is 1.27. The van der Waals surface area contributed by atoms with Crippen LogP contribution in [-0.4, -0.2) is 13.2 Å². The number of nitrogens with one attached hydrogen (secondary N) is 1. The first-order valence-corrected chi connectivity index (χ1v) is 6.97. The van der Waals surface area contributed by atoms with Crippen LogP contribution in [0.15, 0.2) is 36.4 Å². The van der Waals surface area contributed by atoms with E-state index in [1.807, 2.05) is 30.3 Å². The van der Waals surface area contributed by atoms with Crippen LogP contribution in [0.4, 0.5) is 5.69 Å². The minimum absolute atomic E-state index is 0.514. The molecule has 0 aromatic heterocycles. The normalized spacial score (nSPS) is 12.6. The molecular weight excluding hydrogens is 288 g/mol. The minimum Gasteiger partial charge on any atom is -0.486 e. The van der Waals surface area contributed by atoms with E-state index in [0.717, 1.165) is 11.3 Å². The maximum absolute atomic E-state index is 9.07. The Balaban J connectivity index is 1.80. The van der Waals surface area contributed by atoms with Gasteiger partial charge in [-0.25, -0.2) is 0 Å². The van der Waals surface area contributed by atoms with E-state index in [2.05, 4.69) is 11.4 Å². The number of benzene rings is 2. The summed E-state index contributed by atoms with van der Waals surface area (Å²) in [5.41, 5.74) is 2.38. The first kappa shape index (κ1) is 13.6. The molecule has 4 nitrogen and oxygen atoms in total. The van der Waals surface area contributed by atoms with Gasteiger partial charge in [0, 0.05) is 6.54 Å². The fourth-order valence-corrected chi connectivity index (χ4v) is 2.49. The molecule has 1 aliphatic rings. The van der Waals surface area contributed by atoms with Gasteiger partial charge < -0.3 is 14.8 Å². The van der Waals surface area contributed by atoms with Crippen molar-refractivity contribution in [2.24, 2.45) is 0 Å². The summed E-state index contributed by atoms with van der Waals surface area (Å²) in [6, 6.07) is 13.3. The van der Waals surface area contributed by atoms with Crippen LogP contribution in [0.2, 0.25) is 5.02 Å². The maximum atomic E-state index is 9.07. The van der Waals surface area contributed by atoms with Gasteiger partial charge in [-0.1, -0.05) is 23.7 Å². The molecule has 0 unspecified atom stereocenters. The molecule has 3 rings (SSSR count). The third-order valence-electron chi connectivity index (χ3n) is 3.19. The highest BCUT2D eigenvalue weighted by molar-refractivity contribution is 6.32. The number of fused-ring (bicyclic) bond motifs is 1. The summed E-state index contributed by atoms with van der Waals surface area (Å²) in [4.78, 5) is 0. The third kappa shape index (κ3) is 2.88. The van der Waals surface area contributed by atoms with E-state index in [1.165, 1.54) is 0 Å². The molecule has 0 aliphatic carbocycles. The minimum atomic E-state index is 0.514. The molecule has 0 fully saturated rings. The second kappa shape index (κ2) is 5.94. The Bertz CT molecular complexity index is 710. The van der Waals surface area contributed by atoms with Crippen molar-refractivity contribution in [3.05, 3.63) is 52.5 Å². The number of nitriles is 1. The number of nitrogens with zero attached hydrogens (tertiary/aromatic N) is 1. The predicted molar refractivity (Wildman–Crippen MR) is 80.9 cm³/mol. The van der Waals surface area contributed by atoms with Crippen LogP contribution in [0, 0.1) is 11.3 Å². The standard InChI is InChI=1S/C16H13ClN2O2/c17-13-7-11(8-15-16(13)21-6-5-20-15)10-19-14-4-2-1-3-12(14)9-18/h1-4,7-8,19H,5-6,10H2. The van der Waals surface area contributed by atoms with Crippen LogP contribution in [0.25, 0.3) is 0 Å². The van der Waals surface area contributed by atoms with Gasteiger partial charge >= 0.3 is 0 Å². The van der Waals surface area contributed by atoms with Crippen LogP contribution in [0.3, 0.4) is 0 Å². The summed E-state index contributed by atoms with van der Waals surface area (Å²) in [6.07, 6.45) is 0. The van der Waals surface area contributed by atoms with Crippen molar-refractivity contribution in [3.63, 3.8) is 0 Å². The van der Waals surface area contributed by atoms with E-state index in [4.69, 9.17) is 26.3 Å². The Kier molecular flexibility index (Phi) is 3.85. The molecule has 1 heterocycles. The molecule has 0 bridgehead atoms. The summed E-state index contributed by atoms with van der Waals surface area (Å²) >= 11 is 6.20. The van der Waals surface area contributed by atoms with E-state index in [0.29, 0.717) is 41.8 Å². The number of anilines is 1. The van der Waals surface area contributed by atoms with Gasteiger partial charge in [-0.15, -0.1) is 0 Å². The lowest BCUT2D eigenvalue weighted by atomic mass is 10.1. The SMILES string of the molecule is N#Cc1ccccc1NCc1cc(Cl)c2c(c1)OCCO2. The number of ether oxygens (including phenoxy) is 2. The lowest BCUT2D eigenvalue weighted by molar-refractivity contribution is 0.171. The highest BCUT2D eigenvalue weighted by Gasteiger charge is 2.16. The molecule has 0 saturated heterocycles. The zero-order valence-electron chi connectivity index (χ0n) is 11.2. The monoisotopic (exact) mass is 300 g/mol. The second-order valence-corrected chi connectivity index (χ2v) is 5.02. The topological polar surface area (TPSA) is 54.3 Å². The van der Waals surface area contributed by atoms with Gasteiger partial charge in [0.1, 0.15) is 19.3 Å². The Hall–Kier alpha value is -2.38. The van der Waals surface area contributed by atoms with Gasteiger partial charge in [-0.3, -0.25) is 0 Å². The van der Waals surface area contributed by atoms with Crippen LogP contribution < -0.4 is 14.8 Å². The molecule has 1 aliphatic heterocycles. The van der Waals surface area contributed by atoms with E-state index < -0.39 is 0 Å². The molecule has 2 aromatic rings. The molecule has 21 heavy (non-hydrogen) atoms. The smallest absolute Gasteiger partial charge is 0.179 e. The van der Waals surface area contributed by atoms with Gasteiger partial charge in [0.2, 0.25) is 0 Å². The molecule has 0 amide bonds. The molecule has 0 radical (unpaired) electrons. The van der Waals surface area contributed by atoms with Crippen molar-refractivity contribution in [2.45, 2.75) is 6.54 Å². The van der Waals surface area contributed by atoms with Crippen molar-refractivity contribution in [1.29, 1.82) is 5.26 Å². The van der Waals surface area contributed by atoms with Gasteiger partial charge in [-0.2, -0.15) is 5.26 Å². The van der Waals surface area contributed by atoms with E-state index in [1.54, 1.807) is 6.07 Å². The lowest BCUT2D eigenvalue weighted by Crippen LogP contribution is -2.16. The van der Waals surface area contributed by atoms with Crippen molar-refractivity contribution in [2.75, 3.05) is 18.5 Å². The fourth-order valence-electron chi connectivity index (χ4n) is 2.20. The number of rotatable bonds is 3. The molecule has 2 aromatic carbocycles. The highest BCUT2D eigenvalue weighted by atomic mass is 35.5. The average Bonchev–Trinajstić information content (AvgIpc) is 2.53. The Morgan fingerprint density at radius 3 is 2.86 bits per heavy atom. The molecule has 0 spiro atoms. The predicted octanol–water partition coefficient (Wildman–Crippen LogP) is 3.59. The first-order valence-electron chi connectivity index (χ1n) is 6.59. The van der Waals surface area contributed by atoms with Crippen LogP contribution in [0.1, 0.15) is 11.1 Å². The first-order chi connectivity index (χ1) is 10.3. The Morgan fingerprint density at radius 1 is 1.19 bits per heavy atom. The maximum Gasteiger partial charge on any atom is 0.179 e. The van der Waals surface area contributed by atoms with E-state index in [-0.39, 0.29) is 0 Å². The third-order valence-corrected chi connectivity index (χ3v) is 3.47. The summed E-state index contributed by atoms with van der Waals surface area (Å²) in [7, 11) is 0. The molecule has 1 N–H and O–H groups in total. The number of hydrogen-bond donors (Lipinski definition) is 1. The lowest BCUT2D eigenvalue weighted by Gasteiger charge is -2.20. The van der Waals surface area contributed by atoms with Crippen LogP contribution >= 0.6 is 11.6 Å². The molecule has 0 saturated carbocycles. The van der Waals surface area contributed by atoms with Crippen molar-refractivity contribution in [1.82, 2.24) is 0 Å². The quantitative estimate of drug-likeness (QED) is 0.941. The summed E-state index contributed by atoms with van der Waals surface area (Å²) in [5, 5.41) is 12.8. The van der Waals surface area contributed by atoms with Crippen molar-refractivity contribution < 1.29 is 9.47 Å². The number of halogens is 1. The largest absolute Gasteiger partial charge is 0.486 e. The van der Waals surface area contributed by atoms with Gasteiger partial charge in [-0.05, 0) is 29.8 Å². The summed E-state index contributed by atoms with van der Waals surface area (Å²) in [6.45, 7) is 1.59. The molecule has 106 valence electrons. The molecule has 0 atom stereocenters. The summed E-state index contributed by atoms with van der Waals surface area (Å²) < 4.78 is 11.0. The fraction of sp³-hybridized carbons (Fsp3) is 0.188. The van der Waals surface area contributed by atoms with E-state index >= 15 is 0 Å². The number of para-hydroxylation sites is 1.